The van der Waals surface area contributed by atoms with Gasteiger partial charge in [-0.2, -0.15) is 0 Å². The quantitative estimate of drug-likeness (QED) is 0.150. The van der Waals surface area contributed by atoms with Crippen LogP contribution in [0.5, 0.6) is 0 Å². The molecule has 0 aliphatic heterocycles. The number of benzene rings is 5. The van der Waals surface area contributed by atoms with E-state index < -0.39 is 0 Å². The van der Waals surface area contributed by atoms with Crippen molar-refractivity contribution < 1.29 is 0 Å². The highest BCUT2D eigenvalue weighted by Gasteiger charge is 2.14. The van der Waals surface area contributed by atoms with E-state index in [0.29, 0.717) is 0 Å². The molecule has 0 bridgehead atoms. The third kappa shape index (κ3) is 4.72. The smallest absolute Gasteiger partial charge is 0.139 e. The fourth-order valence-electron chi connectivity index (χ4n) is 6.85. The maximum Gasteiger partial charge on any atom is 0.139 e. The molecule has 0 N–H and O–H groups in total. The number of aromatic nitrogens is 4. The van der Waals surface area contributed by atoms with Crippen LogP contribution in [0, 0.1) is 0 Å². The molecule has 5 heteroatoms. The largest absolute Gasteiger partial charge is 0.255 e. The van der Waals surface area contributed by atoms with Crippen molar-refractivity contribution in [3.05, 3.63) is 152 Å². The number of nitrogens with zero attached hydrogens (tertiary/aromatic N) is 4. The van der Waals surface area contributed by atoms with Crippen LogP contribution >= 0.6 is 0 Å². The number of hydrogen-bond donors (Lipinski definition) is 0. The molecular weight excluding hydrogens is 571 g/mol. The van der Waals surface area contributed by atoms with Gasteiger partial charge in [-0.1, -0.05) is 78.3 Å². The minimum Gasteiger partial charge on any atom is -0.255 e. The highest BCUT2D eigenvalue weighted by atomic mass is 14.7. The maximum atomic E-state index is 4.79. The van der Waals surface area contributed by atoms with Gasteiger partial charge in [-0.05, 0) is 99.1 Å². The average Bonchev–Trinajstić information content (AvgIpc) is 3.14. The Morgan fingerprint density at radius 2 is 0.830 bits per heavy atom. The molecule has 9 aromatic rings. The molecule has 47 heavy (non-hydrogen) atoms. The van der Waals surface area contributed by atoms with Gasteiger partial charge in [0.25, 0.3) is 0 Å². The normalized spacial score (nSPS) is 11.5. The first-order chi connectivity index (χ1) is 23.2. The second-order valence-electron chi connectivity index (χ2n) is 12.0. The van der Waals surface area contributed by atoms with Gasteiger partial charge < -0.3 is 0 Å². The van der Waals surface area contributed by atoms with Crippen molar-refractivity contribution in [3.8, 4) is 44.5 Å². The van der Waals surface area contributed by atoms with Gasteiger partial charge in [0.2, 0.25) is 0 Å². The summed E-state index contributed by atoms with van der Waals surface area (Å²) in [6.07, 6.45) is 7.51. The van der Waals surface area contributed by atoms with Crippen LogP contribution in [0.1, 0.15) is 0 Å². The Morgan fingerprint density at radius 1 is 0.383 bits per heavy atom. The van der Waals surface area contributed by atoms with E-state index in [1.54, 1.807) is 0 Å². The second kappa shape index (κ2) is 11.0. The van der Waals surface area contributed by atoms with Crippen LogP contribution < -0.4 is 5.46 Å². The van der Waals surface area contributed by atoms with Crippen LogP contribution in [0.15, 0.2) is 152 Å². The third-order valence-corrected chi connectivity index (χ3v) is 9.04. The summed E-state index contributed by atoms with van der Waals surface area (Å²) >= 11 is 0. The van der Waals surface area contributed by atoms with Crippen molar-refractivity contribution in [1.29, 1.82) is 0 Å². The van der Waals surface area contributed by atoms with Crippen molar-refractivity contribution in [2.24, 2.45) is 0 Å². The van der Waals surface area contributed by atoms with Crippen LogP contribution in [0.3, 0.4) is 0 Å². The van der Waals surface area contributed by atoms with Crippen molar-refractivity contribution in [1.82, 2.24) is 19.9 Å². The van der Waals surface area contributed by atoms with Crippen LogP contribution in [-0.4, -0.2) is 27.8 Å². The lowest BCUT2D eigenvalue weighted by Gasteiger charge is -2.16. The lowest BCUT2D eigenvalue weighted by molar-refractivity contribution is 1.38. The summed E-state index contributed by atoms with van der Waals surface area (Å²) in [7, 11) is 2.17. The zero-order valence-electron chi connectivity index (χ0n) is 25.7. The van der Waals surface area contributed by atoms with Crippen LogP contribution in [-0.2, 0) is 0 Å². The predicted molar refractivity (Wildman–Crippen MR) is 198 cm³/mol. The molecule has 218 valence electrons. The van der Waals surface area contributed by atoms with E-state index in [-0.39, 0.29) is 0 Å². The molecule has 4 aromatic heterocycles. The van der Waals surface area contributed by atoms with E-state index in [4.69, 9.17) is 9.97 Å². The van der Waals surface area contributed by atoms with E-state index in [1.165, 1.54) is 38.8 Å². The number of rotatable bonds is 4. The Labute approximate surface area is 272 Å². The Morgan fingerprint density at radius 3 is 1.30 bits per heavy atom. The van der Waals surface area contributed by atoms with Gasteiger partial charge >= 0.3 is 0 Å². The summed E-state index contributed by atoms with van der Waals surface area (Å²) in [6.45, 7) is 0. The molecule has 0 aliphatic rings. The van der Waals surface area contributed by atoms with E-state index in [0.717, 1.165) is 54.7 Å². The number of pyridine rings is 4. The van der Waals surface area contributed by atoms with Crippen molar-refractivity contribution in [2.75, 3.05) is 0 Å². The molecule has 4 nitrogen and oxygen atoms in total. The summed E-state index contributed by atoms with van der Waals surface area (Å²) in [6, 6.07) is 45.2. The topological polar surface area (TPSA) is 51.6 Å². The summed E-state index contributed by atoms with van der Waals surface area (Å²) < 4.78 is 0. The first-order valence-electron chi connectivity index (χ1n) is 15.8. The lowest BCUT2D eigenvalue weighted by Crippen LogP contribution is -2.03. The van der Waals surface area contributed by atoms with Crippen molar-refractivity contribution >= 4 is 56.9 Å². The SMILES string of the molecule is Bc1cc(-c2ccccc2-c2ccc3c(c2)ncc2cccnc23)cc(-c2ccccc2-c2ccc3c(c2)ncc2cccnc23)c1. The van der Waals surface area contributed by atoms with Gasteiger partial charge in [-0.3, -0.25) is 19.9 Å². The van der Waals surface area contributed by atoms with E-state index in [2.05, 4.69) is 133 Å². The standard InChI is InChI=1S/C42H27BN4/c43-32-20-30(35-11-3-1-9-33(35)26-13-15-37-39(22-26)46-24-28-7-5-17-44-41(28)37)19-31(21-32)36-12-4-2-10-34(36)27-14-16-38-40(23-27)47-25-29-8-6-18-45-42(29)38/h1-25H,43H2. The fourth-order valence-corrected chi connectivity index (χ4v) is 6.85. The zero-order valence-corrected chi connectivity index (χ0v) is 25.7. The van der Waals surface area contributed by atoms with Gasteiger partial charge in [-0.25, -0.2) is 0 Å². The molecule has 0 radical (unpaired) electrons. The Bertz CT molecular complexity index is 2480. The first-order valence-corrected chi connectivity index (χ1v) is 15.8. The third-order valence-electron chi connectivity index (χ3n) is 9.04. The second-order valence-corrected chi connectivity index (χ2v) is 12.0. The predicted octanol–water partition coefficient (Wildman–Crippen LogP) is 8.81. The molecule has 0 fully saturated rings. The minimum absolute atomic E-state index is 0.941. The Kier molecular flexibility index (Phi) is 6.35. The molecule has 9 rings (SSSR count). The van der Waals surface area contributed by atoms with Gasteiger partial charge in [-0.15, -0.1) is 0 Å². The Balaban J connectivity index is 1.15. The van der Waals surface area contributed by atoms with Gasteiger partial charge in [0, 0.05) is 46.3 Å². The van der Waals surface area contributed by atoms with Crippen molar-refractivity contribution in [3.63, 3.8) is 0 Å². The van der Waals surface area contributed by atoms with Gasteiger partial charge in [0.05, 0.1) is 22.1 Å². The maximum absolute atomic E-state index is 4.79. The van der Waals surface area contributed by atoms with Gasteiger partial charge in [0.1, 0.15) is 7.85 Å². The summed E-state index contributed by atoms with van der Waals surface area (Å²) in [5, 5.41) is 4.22. The molecule has 0 saturated carbocycles. The molecule has 0 amide bonds. The molecule has 0 aliphatic carbocycles. The molecule has 0 unspecified atom stereocenters. The van der Waals surface area contributed by atoms with E-state index in [9.17, 15) is 0 Å². The summed E-state index contributed by atoms with van der Waals surface area (Å²) in [5.74, 6) is 0. The monoisotopic (exact) mass is 598 g/mol. The number of fused-ring (bicyclic) bond motifs is 6. The molecule has 0 atom stereocenters. The Hall–Kier alpha value is -6.20. The lowest BCUT2D eigenvalue weighted by atomic mass is 9.84. The fraction of sp³-hybridized carbons (Fsp3) is 0. The van der Waals surface area contributed by atoms with Crippen molar-refractivity contribution in [2.45, 2.75) is 0 Å². The molecule has 4 heterocycles. The molecule has 0 saturated heterocycles. The van der Waals surface area contributed by atoms with Crippen LogP contribution in [0.2, 0.25) is 0 Å². The first kappa shape index (κ1) is 27.1. The molecule has 5 aromatic carbocycles. The zero-order chi connectivity index (χ0) is 31.3. The summed E-state index contributed by atoms with van der Waals surface area (Å²) in [4.78, 5) is 18.8. The highest BCUT2D eigenvalue weighted by Crippen LogP contribution is 2.38. The molecule has 0 spiro atoms. The van der Waals surface area contributed by atoms with Crippen LogP contribution in [0.25, 0.3) is 88.1 Å². The van der Waals surface area contributed by atoms with Crippen LogP contribution in [0.4, 0.5) is 0 Å². The van der Waals surface area contributed by atoms with E-state index in [1.807, 2.05) is 36.9 Å². The minimum atomic E-state index is 0.941. The van der Waals surface area contributed by atoms with Gasteiger partial charge in [0.15, 0.2) is 0 Å². The highest BCUT2D eigenvalue weighted by molar-refractivity contribution is 6.33. The average molecular weight is 599 g/mol. The summed E-state index contributed by atoms with van der Waals surface area (Å²) in [5.41, 5.74) is 14.4. The van der Waals surface area contributed by atoms with E-state index >= 15 is 0 Å². The molecular formula is C42H27BN4. The number of hydrogen-bond acceptors (Lipinski definition) is 4.